The number of halogens is 4. The van der Waals surface area contributed by atoms with Crippen LogP contribution in [0.3, 0.4) is 0 Å². The zero-order chi connectivity index (χ0) is 24.8. The van der Waals surface area contributed by atoms with Gasteiger partial charge in [-0.15, -0.1) is 10.2 Å². The van der Waals surface area contributed by atoms with Crippen LogP contribution < -0.4 is 5.32 Å². The number of benzene rings is 3. The first kappa shape index (κ1) is 25.9. The first-order valence-corrected chi connectivity index (χ1v) is 13.2. The van der Waals surface area contributed by atoms with Crippen molar-refractivity contribution in [3.63, 3.8) is 0 Å². The number of carbonyl (C=O) groups is 1. The Morgan fingerprint density at radius 1 is 0.914 bits per heavy atom. The lowest BCUT2D eigenvalue weighted by atomic mass is 10.1. The molecule has 0 saturated heterocycles. The van der Waals surface area contributed by atoms with Crippen molar-refractivity contribution >= 4 is 64.1 Å². The van der Waals surface area contributed by atoms with Crippen LogP contribution in [0.1, 0.15) is 23.0 Å². The van der Waals surface area contributed by atoms with Gasteiger partial charge in [0, 0.05) is 10.8 Å². The van der Waals surface area contributed by atoms with Crippen molar-refractivity contribution in [2.45, 2.75) is 28.2 Å². The summed E-state index contributed by atoms with van der Waals surface area (Å²) in [5.41, 5.74) is 2.78. The summed E-state index contributed by atoms with van der Waals surface area (Å²) >= 11 is 26.0. The van der Waals surface area contributed by atoms with Gasteiger partial charge in [-0.2, -0.15) is 0 Å². The number of hydrogen-bond acceptors (Lipinski definition) is 4. The summed E-state index contributed by atoms with van der Waals surface area (Å²) in [5, 5.41) is 13.4. The minimum absolute atomic E-state index is 0.428. The van der Waals surface area contributed by atoms with E-state index in [1.165, 1.54) is 11.8 Å². The van der Waals surface area contributed by atoms with Crippen molar-refractivity contribution in [3.05, 3.63) is 106 Å². The van der Waals surface area contributed by atoms with Crippen LogP contribution in [0.15, 0.2) is 84.0 Å². The Morgan fingerprint density at radius 3 is 2.20 bits per heavy atom. The molecule has 0 aliphatic carbocycles. The number of thioether (sulfide) groups is 1. The Bertz CT molecular complexity index is 1290. The lowest BCUT2D eigenvalue weighted by Crippen LogP contribution is -2.35. The molecule has 4 rings (SSSR count). The fourth-order valence-corrected chi connectivity index (χ4v) is 5.03. The number of nitrogens with one attached hydrogen (secondary N) is 1. The van der Waals surface area contributed by atoms with Crippen molar-refractivity contribution < 1.29 is 4.79 Å². The Morgan fingerprint density at radius 2 is 1.57 bits per heavy atom. The molecule has 0 spiro atoms. The highest BCUT2D eigenvalue weighted by molar-refractivity contribution is 7.98. The van der Waals surface area contributed by atoms with Crippen LogP contribution in [0.2, 0.25) is 10.0 Å². The predicted octanol–water partition coefficient (Wildman–Crippen LogP) is 7.07. The molecule has 1 heterocycles. The second kappa shape index (κ2) is 12.2. The van der Waals surface area contributed by atoms with Gasteiger partial charge in [0.05, 0.1) is 16.8 Å². The van der Waals surface area contributed by atoms with Crippen molar-refractivity contribution in [1.29, 1.82) is 0 Å². The van der Waals surface area contributed by atoms with E-state index in [1.807, 2.05) is 65.2 Å². The smallest absolute Gasteiger partial charge is 0.253 e. The van der Waals surface area contributed by atoms with Gasteiger partial charge in [0.1, 0.15) is 0 Å². The molecule has 0 fully saturated rings. The third kappa shape index (κ3) is 6.72. The average Bonchev–Trinajstić information content (AvgIpc) is 3.27. The van der Waals surface area contributed by atoms with Crippen LogP contribution in [0.4, 0.5) is 0 Å². The topological polar surface area (TPSA) is 59.8 Å². The molecule has 1 N–H and O–H groups in total. The molecular weight excluding hydrogens is 546 g/mol. The van der Waals surface area contributed by atoms with Crippen LogP contribution in [0.25, 0.3) is 5.69 Å². The lowest BCUT2D eigenvalue weighted by Gasteiger charge is -2.21. The van der Waals surface area contributed by atoms with E-state index in [0.717, 1.165) is 11.1 Å². The molecule has 0 aliphatic heterocycles. The van der Waals surface area contributed by atoms with E-state index in [9.17, 15) is 4.79 Å². The fourth-order valence-electron chi connectivity index (χ4n) is 3.50. The largest absolute Gasteiger partial charge is 0.343 e. The second-order valence-corrected chi connectivity index (χ2v) is 10.5. The van der Waals surface area contributed by atoms with Crippen molar-refractivity contribution in [2.75, 3.05) is 0 Å². The highest BCUT2D eigenvalue weighted by Crippen LogP contribution is 2.33. The first-order valence-electron chi connectivity index (χ1n) is 10.6. The molecule has 5 nitrogen and oxygen atoms in total. The zero-order valence-corrected chi connectivity index (χ0v) is 22.1. The molecule has 1 atom stereocenters. The molecule has 3 aromatic carbocycles. The average molecular weight is 566 g/mol. The minimum Gasteiger partial charge on any atom is -0.343 e. The maximum atomic E-state index is 12.5. The van der Waals surface area contributed by atoms with E-state index < -0.39 is 16.8 Å². The van der Waals surface area contributed by atoms with Crippen LogP contribution in [0, 0.1) is 0 Å². The van der Waals surface area contributed by atoms with E-state index in [1.54, 1.807) is 18.2 Å². The lowest BCUT2D eigenvalue weighted by molar-refractivity contribution is -0.120. The monoisotopic (exact) mass is 564 g/mol. The Kier molecular flexibility index (Phi) is 8.98. The van der Waals surface area contributed by atoms with Gasteiger partial charge in [-0.05, 0) is 35.7 Å². The molecule has 0 bridgehead atoms. The number of carbonyl (C=O) groups excluding carboxylic acids is 1. The molecule has 1 amide bonds. The van der Waals surface area contributed by atoms with E-state index >= 15 is 0 Å². The standard InChI is InChI=1S/C25H20Cl4N4OS/c26-18-11-12-21(19(27)14-18)33-23(31-32-25(33)35-15-17-9-5-2-6-10-17)20(30-24(34)22(28)29)13-16-7-3-1-4-8-16/h1-12,14,20,22H,13,15H2,(H,30,34). The summed E-state index contributed by atoms with van der Waals surface area (Å²) in [7, 11) is 0. The van der Waals surface area contributed by atoms with Gasteiger partial charge in [0.15, 0.2) is 15.8 Å². The molecule has 0 aliphatic rings. The van der Waals surface area contributed by atoms with Gasteiger partial charge in [-0.25, -0.2) is 0 Å². The van der Waals surface area contributed by atoms with Gasteiger partial charge < -0.3 is 5.32 Å². The van der Waals surface area contributed by atoms with Crippen LogP contribution >= 0.6 is 58.2 Å². The molecule has 0 radical (unpaired) electrons. The normalized spacial score (nSPS) is 12.0. The Balaban J connectivity index is 1.78. The van der Waals surface area contributed by atoms with E-state index in [2.05, 4.69) is 15.5 Å². The van der Waals surface area contributed by atoms with E-state index in [0.29, 0.717) is 38.9 Å². The SMILES string of the molecule is O=C(NC(Cc1ccccc1)c1nnc(SCc2ccccc2)n1-c1ccc(Cl)cc1Cl)C(Cl)Cl. The minimum atomic E-state index is -1.23. The fraction of sp³-hybridized carbons (Fsp3) is 0.160. The van der Waals surface area contributed by atoms with Crippen molar-refractivity contribution in [2.24, 2.45) is 0 Å². The molecule has 0 saturated carbocycles. The Hall–Kier alpha value is -2.22. The summed E-state index contributed by atoms with van der Waals surface area (Å²) in [4.78, 5) is 11.3. The van der Waals surface area contributed by atoms with Gasteiger partial charge >= 0.3 is 0 Å². The predicted molar refractivity (Wildman–Crippen MR) is 144 cm³/mol. The van der Waals surface area contributed by atoms with Gasteiger partial charge in [0.2, 0.25) is 0 Å². The summed E-state index contributed by atoms with van der Waals surface area (Å²) in [6.45, 7) is 0. The number of rotatable bonds is 9. The molecule has 180 valence electrons. The van der Waals surface area contributed by atoms with Crippen LogP contribution in [0.5, 0.6) is 0 Å². The third-order valence-electron chi connectivity index (χ3n) is 5.13. The molecule has 1 unspecified atom stereocenters. The number of nitrogens with zero attached hydrogens (tertiary/aromatic N) is 3. The summed E-state index contributed by atoms with van der Waals surface area (Å²) in [6, 6.07) is 24.4. The quantitative estimate of drug-likeness (QED) is 0.174. The second-order valence-electron chi connectivity index (χ2n) is 7.60. The summed E-state index contributed by atoms with van der Waals surface area (Å²) in [6.07, 6.45) is 0.444. The summed E-state index contributed by atoms with van der Waals surface area (Å²) in [5.74, 6) is 0.645. The molecule has 10 heteroatoms. The molecule has 35 heavy (non-hydrogen) atoms. The first-order chi connectivity index (χ1) is 16.9. The van der Waals surface area contributed by atoms with Gasteiger partial charge in [-0.3, -0.25) is 9.36 Å². The van der Waals surface area contributed by atoms with Gasteiger partial charge in [0.25, 0.3) is 5.91 Å². The number of aromatic nitrogens is 3. The van der Waals surface area contributed by atoms with Crippen molar-refractivity contribution in [3.8, 4) is 5.69 Å². The number of amides is 1. The van der Waals surface area contributed by atoms with E-state index in [4.69, 9.17) is 46.4 Å². The van der Waals surface area contributed by atoms with Gasteiger partial charge in [-0.1, -0.05) is 119 Å². The highest BCUT2D eigenvalue weighted by atomic mass is 35.5. The number of alkyl halides is 2. The van der Waals surface area contributed by atoms with Crippen molar-refractivity contribution in [1.82, 2.24) is 20.1 Å². The van der Waals surface area contributed by atoms with E-state index in [-0.39, 0.29) is 0 Å². The molecule has 4 aromatic rings. The third-order valence-corrected chi connectivity index (χ3v) is 7.06. The van der Waals surface area contributed by atoms with Crippen LogP contribution in [-0.2, 0) is 17.0 Å². The Labute approximate surface area is 227 Å². The zero-order valence-electron chi connectivity index (χ0n) is 18.2. The maximum absolute atomic E-state index is 12.5. The van der Waals surface area contributed by atoms with Crippen LogP contribution in [-0.4, -0.2) is 25.5 Å². The maximum Gasteiger partial charge on any atom is 0.253 e. The molecule has 1 aromatic heterocycles. The summed E-state index contributed by atoms with van der Waals surface area (Å²) < 4.78 is 1.84. The highest BCUT2D eigenvalue weighted by Gasteiger charge is 2.27. The molecular formula is C25H20Cl4N4OS. The number of hydrogen-bond donors (Lipinski definition) is 1.